The highest BCUT2D eigenvalue weighted by Crippen LogP contribution is 1.81. The standard InChI is InChI=1S/C8H5ClI/c9-6-7-10-8-4-2-1-3-5-8/h1-5H/q+1. The zero-order valence-electron chi connectivity index (χ0n) is 5.14. The molecule has 0 unspecified atom stereocenters. The summed E-state index contributed by atoms with van der Waals surface area (Å²) in [5.74, 6) is 0. The highest BCUT2D eigenvalue weighted by molar-refractivity contribution is 6.30. The third kappa shape index (κ3) is 2.59. The minimum atomic E-state index is -0.166. The van der Waals surface area contributed by atoms with Crippen LogP contribution in [0.15, 0.2) is 30.3 Å². The third-order valence-electron chi connectivity index (χ3n) is 0.925. The highest BCUT2D eigenvalue weighted by Gasteiger charge is 2.04. The second-order valence-electron chi connectivity index (χ2n) is 1.58. The second kappa shape index (κ2) is 4.59. The van der Waals surface area contributed by atoms with Crippen LogP contribution >= 0.6 is 11.6 Å². The molecule has 0 spiro atoms. The number of benzene rings is 1. The summed E-state index contributed by atoms with van der Waals surface area (Å²) >= 11 is 5.05. The molecule has 0 atom stereocenters. The van der Waals surface area contributed by atoms with Gasteiger partial charge in [-0.15, -0.1) is 0 Å². The molecule has 10 heavy (non-hydrogen) atoms. The van der Waals surface area contributed by atoms with Gasteiger partial charge in [0.1, 0.15) is 0 Å². The van der Waals surface area contributed by atoms with Crippen LogP contribution in [-0.2, 0) is 0 Å². The molecule has 0 amide bonds. The lowest BCUT2D eigenvalue weighted by Gasteiger charge is -1.75. The van der Waals surface area contributed by atoms with E-state index in [1.54, 1.807) is 0 Å². The van der Waals surface area contributed by atoms with E-state index >= 15 is 0 Å². The lowest BCUT2D eigenvalue weighted by Crippen LogP contribution is -3.59. The molecule has 0 nitrogen and oxygen atoms in total. The van der Waals surface area contributed by atoms with Crippen LogP contribution < -0.4 is 21.2 Å². The fraction of sp³-hybridized carbons (Fsp3) is 0. The molecule has 0 aliphatic rings. The molecular formula is C8H5ClI+. The molecule has 0 aliphatic carbocycles. The predicted octanol–water partition coefficient (Wildman–Crippen LogP) is -0.898. The first-order valence-electron chi connectivity index (χ1n) is 2.73. The Balaban J connectivity index is 2.64. The quantitative estimate of drug-likeness (QED) is 0.455. The summed E-state index contributed by atoms with van der Waals surface area (Å²) < 4.78 is 4.20. The van der Waals surface area contributed by atoms with Gasteiger partial charge in [0.25, 0.3) is 0 Å². The average Bonchev–Trinajstić information content (AvgIpc) is 2.03. The van der Waals surface area contributed by atoms with Crippen molar-refractivity contribution in [3.05, 3.63) is 33.9 Å². The van der Waals surface area contributed by atoms with Crippen LogP contribution in [0.5, 0.6) is 0 Å². The van der Waals surface area contributed by atoms with Crippen LogP contribution in [0, 0.1) is 12.9 Å². The largest absolute Gasteiger partial charge is 0.421 e. The van der Waals surface area contributed by atoms with Gasteiger partial charge in [-0.1, -0.05) is 18.2 Å². The summed E-state index contributed by atoms with van der Waals surface area (Å²) in [5.41, 5.74) is 0. The molecule has 0 fully saturated rings. The molecule has 0 saturated heterocycles. The van der Waals surface area contributed by atoms with Gasteiger partial charge in [-0.2, -0.15) is 0 Å². The lowest BCUT2D eigenvalue weighted by molar-refractivity contribution is -0.535. The molecule has 0 bridgehead atoms. The highest BCUT2D eigenvalue weighted by atomic mass is 127. The van der Waals surface area contributed by atoms with Crippen LogP contribution in [0.2, 0.25) is 0 Å². The topological polar surface area (TPSA) is 0 Å². The first-order chi connectivity index (χ1) is 4.93. The molecule has 50 valence electrons. The van der Waals surface area contributed by atoms with Crippen molar-refractivity contribution in [2.24, 2.45) is 0 Å². The maximum atomic E-state index is 5.22. The van der Waals surface area contributed by atoms with Crippen molar-refractivity contribution in [3.8, 4) is 9.31 Å². The van der Waals surface area contributed by atoms with E-state index in [0.717, 1.165) is 0 Å². The van der Waals surface area contributed by atoms with Crippen LogP contribution in [0.4, 0.5) is 0 Å². The van der Waals surface area contributed by atoms with E-state index in [4.69, 9.17) is 11.6 Å². The summed E-state index contributed by atoms with van der Waals surface area (Å²) in [6, 6.07) is 10.2. The third-order valence-corrected chi connectivity index (χ3v) is 3.22. The minimum absolute atomic E-state index is 0.166. The Morgan fingerprint density at radius 3 is 2.50 bits per heavy atom. The van der Waals surface area contributed by atoms with E-state index in [9.17, 15) is 0 Å². The van der Waals surface area contributed by atoms with E-state index in [2.05, 4.69) is 21.4 Å². The maximum absolute atomic E-state index is 5.22. The van der Waals surface area contributed by atoms with Gasteiger partial charge in [0.15, 0.2) is 0 Å². The normalized spacial score (nSPS) is 8.10. The van der Waals surface area contributed by atoms with Crippen LogP contribution in [0.3, 0.4) is 0 Å². The fourth-order valence-corrected chi connectivity index (χ4v) is 1.98. The lowest BCUT2D eigenvalue weighted by atomic mass is 10.4. The molecule has 0 radical (unpaired) electrons. The Morgan fingerprint density at radius 1 is 1.20 bits per heavy atom. The molecule has 0 N–H and O–H groups in total. The van der Waals surface area contributed by atoms with Gasteiger partial charge in [-0.05, 0) is 23.7 Å². The number of rotatable bonds is 1. The summed E-state index contributed by atoms with van der Waals surface area (Å²) in [4.78, 5) is 0. The summed E-state index contributed by atoms with van der Waals surface area (Å²) in [7, 11) is 0. The Morgan fingerprint density at radius 2 is 1.90 bits per heavy atom. The van der Waals surface area contributed by atoms with Crippen molar-refractivity contribution < 1.29 is 21.2 Å². The Hall–Kier alpha value is -0.200. The van der Waals surface area contributed by atoms with Crippen LogP contribution in [0.25, 0.3) is 0 Å². The van der Waals surface area contributed by atoms with Gasteiger partial charge in [-0.25, -0.2) is 0 Å². The Kier molecular flexibility index (Phi) is 3.63. The van der Waals surface area contributed by atoms with Crippen molar-refractivity contribution in [1.29, 1.82) is 0 Å². The Labute approximate surface area is 75.8 Å². The monoisotopic (exact) mass is 263 g/mol. The van der Waals surface area contributed by atoms with Crippen molar-refractivity contribution in [1.82, 2.24) is 0 Å². The molecule has 1 aromatic rings. The zero-order valence-corrected chi connectivity index (χ0v) is 8.06. The fourth-order valence-electron chi connectivity index (χ4n) is 0.550. The number of hydrogen-bond acceptors (Lipinski definition) is 0. The summed E-state index contributed by atoms with van der Waals surface area (Å²) in [5, 5.41) is 2.39. The first-order valence-corrected chi connectivity index (χ1v) is 5.26. The van der Waals surface area contributed by atoms with Crippen molar-refractivity contribution in [2.45, 2.75) is 0 Å². The van der Waals surface area contributed by atoms with E-state index in [1.165, 1.54) is 3.57 Å². The Bertz CT molecular complexity index is 245. The van der Waals surface area contributed by atoms with E-state index in [1.807, 2.05) is 18.2 Å². The van der Waals surface area contributed by atoms with Crippen molar-refractivity contribution >= 4 is 11.6 Å². The first kappa shape index (κ1) is 7.90. The molecule has 1 aromatic carbocycles. The van der Waals surface area contributed by atoms with Gasteiger partial charge in [0.05, 0.1) is 5.38 Å². The van der Waals surface area contributed by atoms with Gasteiger partial charge in [-0.3, -0.25) is 0 Å². The molecule has 0 aromatic heterocycles. The van der Waals surface area contributed by atoms with Crippen molar-refractivity contribution in [2.75, 3.05) is 0 Å². The zero-order chi connectivity index (χ0) is 7.23. The molecule has 0 heterocycles. The van der Waals surface area contributed by atoms with E-state index in [0.29, 0.717) is 0 Å². The number of hydrogen-bond donors (Lipinski definition) is 0. The van der Waals surface area contributed by atoms with Gasteiger partial charge >= 0.3 is 21.2 Å². The molecule has 1 rings (SSSR count). The number of halogens is 2. The van der Waals surface area contributed by atoms with Crippen LogP contribution in [-0.4, -0.2) is 0 Å². The van der Waals surface area contributed by atoms with Crippen LogP contribution in [0.1, 0.15) is 0 Å². The van der Waals surface area contributed by atoms with Gasteiger partial charge in [0.2, 0.25) is 7.50 Å². The smallest absolute Gasteiger partial charge is 0.0619 e. The summed E-state index contributed by atoms with van der Waals surface area (Å²) in [6.45, 7) is 0. The van der Waals surface area contributed by atoms with Gasteiger partial charge < -0.3 is 0 Å². The van der Waals surface area contributed by atoms with E-state index < -0.39 is 0 Å². The second-order valence-corrected chi connectivity index (χ2v) is 4.09. The molecule has 0 aliphatic heterocycles. The molecule has 2 heteroatoms. The predicted molar refractivity (Wildman–Crippen MR) is 38.8 cm³/mol. The van der Waals surface area contributed by atoms with E-state index in [-0.39, 0.29) is 21.2 Å². The summed E-state index contributed by atoms with van der Waals surface area (Å²) in [6.07, 6.45) is 0. The minimum Gasteiger partial charge on any atom is -0.0619 e. The van der Waals surface area contributed by atoms with Crippen molar-refractivity contribution in [3.63, 3.8) is 0 Å². The molecular weight excluding hydrogens is 258 g/mol. The maximum Gasteiger partial charge on any atom is 0.421 e. The van der Waals surface area contributed by atoms with Gasteiger partial charge in [0, 0.05) is 0 Å². The SMILES string of the molecule is ClC#C[I+]c1ccccc1. The average molecular weight is 263 g/mol. The molecule has 0 saturated carbocycles.